The van der Waals surface area contributed by atoms with Crippen LogP contribution in [-0.4, -0.2) is 46.9 Å². The van der Waals surface area contributed by atoms with Crippen LogP contribution in [0.4, 0.5) is 0 Å². The van der Waals surface area contributed by atoms with E-state index in [4.69, 9.17) is 20.4 Å². The summed E-state index contributed by atoms with van der Waals surface area (Å²) in [6.45, 7) is 10.8. The second-order valence-corrected chi connectivity index (χ2v) is 7.04. The van der Waals surface area contributed by atoms with E-state index in [1.807, 2.05) is 13.8 Å². The van der Waals surface area contributed by atoms with Crippen molar-refractivity contribution in [3.8, 4) is 0 Å². The van der Waals surface area contributed by atoms with E-state index in [-0.39, 0.29) is 37.3 Å². The van der Waals surface area contributed by atoms with Gasteiger partial charge in [0.25, 0.3) is 0 Å². The Labute approximate surface area is 137 Å². The first-order valence-electron chi connectivity index (χ1n) is 8.78. The zero-order valence-corrected chi connectivity index (χ0v) is 15.4. The lowest BCUT2D eigenvalue weighted by Crippen LogP contribution is -2.30. The van der Waals surface area contributed by atoms with Crippen molar-refractivity contribution in [2.75, 3.05) is 26.4 Å². The van der Waals surface area contributed by atoms with E-state index in [9.17, 15) is 0 Å². The van der Waals surface area contributed by atoms with Crippen LogP contribution < -0.4 is 0 Å². The fourth-order valence-corrected chi connectivity index (χ4v) is 2.57. The molecule has 0 atom stereocenters. The Balaban J connectivity index is 0. The quantitative estimate of drug-likeness (QED) is 0.472. The number of aliphatic hydroxyl groups excluding tert-OH is 4. The number of unbranched alkanes of at least 4 members (excludes halogenated alkanes) is 1. The summed E-state index contributed by atoms with van der Waals surface area (Å²) in [6.07, 6.45) is 5.76. The van der Waals surface area contributed by atoms with Gasteiger partial charge in [-0.2, -0.15) is 0 Å². The van der Waals surface area contributed by atoms with Crippen molar-refractivity contribution in [3.63, 3.8) is 0 Å². The summed E-state index contributed by atoms with van der Waals surface area (Å²) >= 11 is 0. The van der Waals surface area contributed by atoms with Gasteiger partial charge in [-0.1, -0.05) is 47.5 Å². The molecular formula is C18H40O4. The van der Waals surface area contributed by atoms with Gasteiger partial charge in [0.1, 0.15) is 0 Å². The molecule has 0 heterocycles. The second-order valence-electron chi connectivity index (χ2n) is 7.04. The number of hydrogen-bond donors (Lipinski definition) is 4. The van der Waals surface area contributed by atoms with Gasteiger partial charge < -0.3 is 20.4 Å². The number of rotatable bonds is 11. The molecule has 136 valence electrons. The third-order valence-electron chi connectivity index (χ3n) is 4.74. The fraction of sp³-hybridized carbons (Fsp3) is 1.00. The summed E-state index contributed by atoms with van der Waals surface area (Å²) in [5.74, 6) is 0.536. The molecule has 0 bridgehead atoms. The van der Waals surface area contributed by atoms with Crippen molar-refractivity contribution in [3.05, 3.63) is 0 Å². The summed E-state index contributed by atoms with van der Waals surface area (Å²) in [6, 6.07) is 0. The largest absolute Gasteiger partial charge is 0.396 e. The molecule has 0 unspecified atom stereocenters. The highest BCUT2D eigenvalue weighted by molar-refractivity contribution is 4.77. The van der Waals surface area contributed by atoms with Crippen LogP contribution in [0.25, 0.3) is 0 Å². The average molecular weight is 321 g/mol. The molecule has 4 N–H and O–H groups in total. The summed E-state index contributed by atoms with van der Waals surface area (Å²) in [5, 5.41) is 36.2. The molecule has 0 aromatic rings. The summed E-state index contributed by atoms with van der Waals surface area (Å²) in [5.41, 5.74) is -0.454. The molecule has 0 aromatic heterocycles. The molecule has 0 saturated carbocycles. The molecule has 0 amide bonds. The average Bonchev–Trinajstić information content (AvgIpc) is 2.55. The van der Waals surface area contributed by atoms with E-state index in [1.54, 1.807) is 0 Å². The standard InChI is InChI=1S/2C9H20O2/c1-4-9(6-10,7-11)5-8(2)3;1-3-5-6-9(4-2,7-10)8-11/h8,10-11H,4-7H2,1-3H3;10-11H,3-8H2,1-2H3. The third-order valence-corrected chi connectivity index (χ3v) is 4.74. The van der Waals surface area contributed by atoms with E-state index in [2.05, 4.69) is 20.8 Å². The number of aliphatic hydroxyl groups is 4. The molecule has 0 saturated heterocycles. The van der Waals surface area contributed by atoms with E-state index in [0.717, 1.165) is 38.5 Å². The van der Waals surface area contributed by atoms with Gasteiger partial charge in [0, 0.05) is 10.8 Å². The second kappa shape index (κ2) is 13.3. The van der Waals surface area contributed by atoms with Gasteiger partial charge in [0.2, 0.25) is 0 Å². The molecular weight excluding hydrogens is 280 g/mol. The first-order valence-corrected chi connectivity index (χ1v) is 8.78. The zero-order valence-electron chi connectivity index (χ0n) is 15.4. The minimum absolute atomic E-state index is 0.0954. The lowest BCUT2D eigenvalue weighted by molar-refractivity contribution is 0.0336. The highest BCUT2D eigenvalue weighted by Crippen LogP contribution is 2.29. The fourth-order valence-electron chi connectivity index (χ4n) is 2.57. The summed E-state index contributed by atoms with van der Waals surface area (Å²) in [4.78, 5) is 0. The summed E-state index contributed by atoms with van der Waals surface area (Å²) in [7, 11) is 0. The van der Waals surface area contributed by atoms with Crippen molar-refractivity contribution >= 4 is 0 Å². The van der Waals surface area contributed by atoms with Gasteiger partial charge >= 0.3 is 0 Å². The van der Waals surface area contributed by atoms with E-state index in [0.29, 0.717) is 5.92 Å². The van der Waals surface area contributed by atoms with Crippen molar-refractivity contribution in [2.45, 2.75) is 73.1 Å². The van der Waals surface area contributed by atoms with Gasteiger partial charge in [-0.05, 0) is 31.6 Å². The highest BCUT2D eigenvalue weighted by Gasteiger charge is 2.27. The molecule has 0 aliphatic rings. The predicted molar refractivity (Wildman–Crippen MR) is 92.8 cm³/mol. The monoisotopic (exact) mass is 320 g/mol. The Morgan fingerprint density at radius 2 is 1.14 bits per heavy atom. The van der Waals surface area contributed by atoms with Crippen LogP contribution in [0.3, 0.4) is 0 Å². The lowest BCUT2D eigenvalue weighted by Gasteiger charge is -2.29. The third kappa shape index (κ3) is 9.09. The van der Waals surface area contributed by atoms with Crippen molar-refractivity contribution in [2.24, 2.45) is 16.7 Å². The van der Waals surface area contributed by atoms with Crippen LogP contribution >= 0.6 is 0 Å². The molecule has 0 radical (unpaired) electrons. The van der Waals surface area contributed by atoms with Crippen LogP contribution in [0.15, 0.2) is 0 Å². The maximum absolute atomic E-state index is 9.07. The van der Waals surface area contributed by atoms with Crippen LogP contribution in [-0.2, 0) is 0 Å². The Hall–Kier alpha value is -0.160. The first kappa shape index (κ1) is 24.1. The van der Waals surface area contributed by atoms with Gasteiger partial charge in [0.05, 0.1) is 26.4 Å². The SMILES string of the molecule is CCC(CO)(CO)CC(C)C.CCCCC(CC)(CO)CO. The molecule has 0 aliphatic carbocycles. The Morgan fingerprint density at radius 1 is 0.727 bits per heavy atom. The molecule has 0 aromatic carbocycles. The molecule has 0 fully saturated rings. The number of hydrogen-bond acceptors (Lipinski definition) is 4. The van der Waals surface area contributed by atoms with E-state index in [1.165, 1.54) is 0 Å². The van der Waals surface area contributed by atoms with Gasteiger partial charge in [0.15, 0.2) is 0 Å². The summed E-state index contributed by atoms with van der Waals surface area (Å²) < 4.78 is 0. The molecule has 4 nitrogen and oxygen atoms in total. The minimum atomic E-state index is -0.242. The van der Waals surface area contributed by atoms with Crippen LogP contribution in [0.5, 0.6) is 0 Å². The Morgan fingerprint density at radius 3 is 1.32 bits per heavy atom. The predicted octanol–water partition coefficient (Wildman–Crippen LogP) is 2.97. The van der Waals surface area contributed by atoms with Gasteiger partial charge in [-0.3, -0.25) is 0 Å². The van der Waals surface area contributed by atoms with Crippen LogP contribution in [0.1, 0.15) is 73.1 Å². The molecule has 0 spiro atoms. The first-order chi connectivity index (χ1) is 10.3. The van der Waals surface area contributed by atoms with Crippen LogP contribution in [0.2, 0.25) is 0 Å². The smallest absolute Gasteiger partial charge is 0.0509 e. The lowest BCUT2D eigenvalue weighted by atomic mass is 9.79. The minimum Gasteiger partial charge on any atom is -0.396 e. The molecule has 22 heavy (non-hydrogen) atoms. The van der Waals surface area contributed by atoms with Gasteiger partial charge in [-0.25, -0.2) is 0 Å². The maximum atomic E-state index is 9.07. The highest BCUT2D eigenvalue weighted by atomic mass is 16.3. The molecule has 0 aliphatic heterocycles. The Kier molecular flexibility index (Phi) is 14.6. The molecule has 0 rings (SSSR count). The maximum Gasteiger partial charge on any atom is 0.0509 e. The van der Waals surface area contributed by atoms with Crippen molar-refractivity contribution in [1.82, 2.24) is 0 Å². The van der Waals surface area contributed by atoms with Crippen molar-refractivity contribution < 1.29 is 20.4 Å². The molecule has 4 heteroatoms. The zero-order chi connectivity index (χ0) is 17.6. The Bertz CT molecular complexity index is 217. The van der Waals surface area contributed by atoms with Gasteiger partial charge in [-0.15, -0.1) is 0 Å². The topological polar surface area (TPSA) is 80.9 Å². The van der Waals surface area contributed by atoms with Crippen molar-refractivity contribution in [1.29, 1.82) is 0 Å². The van der Waals surface area contributed by atoms with E-state index >= 15 is 0 Å². The normalized spacial score (nSPS) is 12.3. The van der Waals surface area contributed by atoms with Crippen LogP contribution in [0, 0.1) is 16.7 Å². The van der Waals surface area contributed by atoms with E-state index < -0.39 is 0 Å².